The van der Waals surface area contributed by atoms with Gasteiger partial charge in [-0.1, -0.05) is 17.7 Å². The van der Waals surface area contributed by atoms with Gasteiger partial charge in [0.05, 0.1) is 0 Å². The Morgan fingerprint density at radius 1 is 1.29 bits per heavy atom. The number of benzene rings is 1. The van der Waals surface area contributed by atoms with Gasteiger partial charge >= 0.3 is 6.18 Å². The van der Waals surface area contributed by atoms with Crippen LogP contribution in [0.15, 0.2) is 30.5 Å². The van der Waals surface area contributed by atoms with Gasteiger partial charge in [-0.05, 0) is 38.0 Å². The highest BCUT2D eigenvalue weighted by Crippen LogP contribution is 2.35. The predicted molar refractivity (Wildman–Crippen MR) is 86.3 cm³/mol. The van der Waals surface area contributed by atoms with Gasteiger partial charge in [-0.3, -0.25) is 0 Å². The van der Waals surface area contributed by atoms with Crippen molar-refractivity contribution in [2.45, 2.75) is 38.0 Å². The molecule has 4 nitrogen and oxygen atoms in total. The first-order valence-electron chi connectivity index (χ1n) is 7.55. The van der Waals surface area contributed by atoms with E-state index in [1.807, 2.05) is 0 Å². The van der Waals surface area contributed by atoms with Gasteiger partial charge < -0.3 is 10.6 Å². The maximum Gasteiger partial charge on any atom is 0.433 e. The molecule has 1 aromatic carbocycles. The Kier molecular flexibility index (Phi) is 4.64. The van der Waals surface area contributed by atoms with Gasteiger partial charge in [0.25, 0.3) is 0 Å². The van der Waals surface area contributed by atoms with Crippen molar-refractivity contribution in [1.82, 2.24) is 15.3 Å². The fraction of sp³-hybridized carbons (Fsp3) is 0.375. The van der Waals surface area contributed by atoms with Crippen molar-refractivity contribution < 1.29 is 13.2 Å². The van der Waals surface area contributed by atoms with E-state index in [-0.39, 0.29) is 17.6 Å². The van der Waals surface area contributed by atoms with E-state index in [0.29, 0.717) is 10.7 Å². The maximum atomic E-state index is 13.4. The van der Waals surface area contributed by atoms with Gasteiger partial charge in [-0.25, -0.2) is 9.97 Å². The summed E-state index contributed by atoms with van der Waals surface area (Å²) >= 11 is 5.87. The first kappa shape index (κ1) is 17.0. The number of rotatable bonds is 5. The number of nitrogens with zero attached hydrogens (tertiary/aromatic N) is 2. The Labute approximate surface area is 142 Å². The van der Waals surface area contributed by atoms with Gasteiger partial charge in [-0.2, -0.15) is 13.2 Å². The fourth-order valence-electron chi connectivity index (χ4n) is 2.38. The molecule has 0 spiro atoms. The number of alkyl halides is 3. The second-order valence-corrected chi connectivity index (χ2v) is 6.23. The van der Waals surface area contributed by atoms with Crippen molar-refractivity contribution in [3.05, 3.63) is 46.7 Å². The monoisotopic (exact) mass is 356 g/mol. The van der Waals surface area contributed by atoms with E-state index in [2.05, 4.69) is 20.6 Å². The molecule has 0 radical (unpaired) electrons. The molecule has 1 aromatic heterocycles. The molecule has 0 unspecified atom stereocenters. The van der Waals surface area contributed by atoms with E-state index in [0.717, 1.165) is 12.8 Å². The van der Waals surface area contributed by atoms with Crippen molar-refractivity contribution in [3.63, 3.8) is 0 Å². The minimum atomic E-state index is -4.55. The summed E-state index contributed by atoms with van der Waals surface area (Å²) in [7, 11) is 0. The average molecular weight is 357 g/mol. The van der Waals surface area contributed by atoms with Crippen molar-refractivity contribution >= 4 is 23.2 Å². The number of anilines is 2. The summed E-state index contributed by atoms with van der Waals surface area (Å²) < 4.78 is 40.1. The zero-order valence-electron chi connectivity index (χ0n) is 12.9. The van der Waals surface area contributed by atoms with Gasteiger partial charge in [0.15, 0.2) is 5.69 Å². The number of aromatic nitrogens is 2. The summed E-state index contributed by atoms with van der Waals surface area (Å²) in [6.07, 6.45) is -1.35. The predicted octanol–water partition coefficient (Wildman–Crippen LogP) is 4.71. The van der Waals surface area contributed by atoms with Gasteiger partial charge in [-0.15, -0.1) is 0 Å². The first-order chi connectivity index (χ1) is 11.3. The van der Waals surface area contributed by atoms with Crippen LogP contribution >= 0.6 is 11.6 Å². The topological polar surface area (TPSA) is 49.8 Å². The molecule has 1 aliphatic carbocycles. The third kappa shape index (κ3) is 4.15. The summed E-state index contributed by atoms with van der Waals surface area (Å²) in [6, 6.07) is 6.44. The zero-order chi connectivity index (χ0) is 17.3. The Morgan fingerprint density at radius 2 is 2.04 bits per heavy atom. The summed E-state index contributed by atoms with van der Waals surface area (Å²) in [5, 5.41) is 6.36. The highest BCUT2D eigenvalue weighted by Gasteiger charge is 2.38. The molecule has 0 amide bonds. The quantitative estimate of drug-likeness (QED) is 0.815. The molecular weight excluding hydrogens is 341 g/mol. The highest BCUT2D eigenvalue weighted by atomic mass is 35.5. The lowest BCUT2D eigenvalue weighted by molar-refractivity contribution is -0.142. The SMILES string of the molecule is C[C@H](NC1CC1)c1cnc(Nc2cccc(Cl)c2)nc1C(F)(F)F. The van der Waals surface area contributed by atoms with Crippen LogP contribution in [0.25, 0.3) is 0 Å². The van der Waals surface area contributed by atoms with Crippen LogP contribution in [0.4, 0.5) is 24.8 Å². The van der Waals surface area contributed by atoms with Crippen LogP contribution in [0.5, 0.6) is 0 Å². The van der Waals surface area contributed by atoms with Gasteiger partial charge in [0.1, 0.15) is 0 Å². The summed E-state index contributed by atoms with van der Waals surface area (Å²) in [6.45, 7) is 1.69. The van der Waals surface area contributed by atoms with Crippen LogP contribution in [0.3, 0.4) is 0 Å². The maximum absolute atomic E-state index is 13.4. The Balaban J connectivity index is 1.89. The molecule has 1 aliphatic rings. The molecule has 1 heterocycles. The van der Waals surface area contributed by atoms with E-state index in [1.54, 1.807) is 31.2 Å². The van der Waals surface area contributed by atoms with E-state index in [1.165, 1.54) is 6.20 Å². The first-order valence-corrected chi connectivity index (χ1v) is 7.93. The zero-order valence-corrected chi connectivity index (χ0v) is 13.6. The van der Waals surface area contributed by atoms with Crippen LogP contribution in [-0.4, -0.2) is 16.0 Å². The minimum absolute atomic E-state index is 0.0473. The lowest BCUT2D eigenvalue weighted by atomic mass is 10.1. The van der Waals surface area contributed by atoms with Crippen molar-refractivity contribution in [3.8, 4) is 0 Å². The molecule has 128 valence electrons. The van der Waals surface area contributed by atoms with E-state index >= 15 is 0 Å². The third-order valence-corrected chi connectivity index (χ3v) is 3.93. The number of hydrogen-bond donors (Lipinski definition) is 2. The largest absolute Gasteiger partial charge is 0.433 e. The lowest BCUT2D eigenvalue weighted by Gasteiger charge is -2.19. The number of halogens is 4. The summed E-state index contributed by atoms with van der Waals surface area (Å²) in [4.78, 5) is 7.71. The average Bonchev–Trinajstić information content (AvgIpc) is 3.30. The second kappa shape index (κ2) is 6.57. The van der Waals surface area contributed by atoms with Crippen LogP contribution in [-0.2, 0) is 6.18 Å². The van der Waals surface area contributed by atoms with Gasteiger partial charge in [0.2, 0.25) is 5.95 Å². The molecular formula is C16H16ClF3N4. The lowest BCUT2D eigenvalue weighted by Crippen LogP contribution is -2.25. The number of hydrogen-bond acceptors (Lipinski definition) is 4. The normalized spacial score (nSPS) is 16.0. The van der Waals surface area contributed by atoms with Crippen molar-refractivity contribution in [1.29, 1.82) is 0 Å². The van der Waals surface area contributed by atoms with Crippen LogP contribution < -0.4 is 10.6 Å². The third-order valence-electron chi connectivity index (χ3n) is 3.70. The molecule has 0 aliphatic heterocycles. The summed E-state index contributed by atoms with van der Waals surface area (Å²) in [5.41, 5.74) is -0.360. The molecule has 2 aromatic rings. The van der Waals surface area contributed by atoms with Crippen molar-refractivity contribution in [2.75, 3.05) is 5.32 Å². The Morgan fingerprint density at radius 3 is 2.67 bits per heavy atom. The molecule has 8 heteroatoms. The molecule has 0 saturated heterocycles. The van der Waals surface area contributed by atoms with Gasteiger partial charge in [0, 0.05) is 34.6 Å². The molecule has 0 bridgehead atoms. The van der Waals surface area contributed by atoms with Crippen LogP contribution in [0.2, 0.25) is 5.02 Å². The highest BCUT2D eigenvalue weighted by molar-refractivity contribution is 6.30. The molecule has 1 fully saturated rings. The molecule has 1 saturated carbocycles. The fourth-order valence-corrected chi connectivity index (χ4v) is 2.57. The van der Waals surface area contributed by atoms with E-state index < -0.39 is 17.9 Å². The van der Waals surface area contributed by atoms with Crippen LogP contribution in [0.1, 0.15) is 37.1 Å². The van der Waals surface area contributed by atoms with E-state index in [9.17, 15) is 13.2 Å². The standard InChI is InChI=1S/C16H16ClF3N4/c1-9(22-11-5-6-11)13-8-21-15(24-14(13)16(18,19)20)23-12-4-2-3-10(17)7-12/h2-4,7-9,11,22H,5-6H2,1H3,(H,21,23,24)/t9-/m0/s1. The smallest absolute Gasteiger partial charge is 0.324 e. The van der Waals surface area contributed by atoms with Crippen molar-refractivity contribution in [2.24, 2.45) is 0 Å². The molecule has 3 rings (SSSR count). The second-order valence-electron chi connectivity index (χ2n) is 5.79. The Bertz CT molecular complexity index is 732. The van der Waals surface area contributed by atoms with E-state index in [4.69, 9.17) is 11.6 Å². The minimum Gasteiger partial charge on any atom is -0.324 e. The number of nitrogens with one attached hydrogen (secondary N) is 2. The molecule has 1 atom stereocenters. The molecule has 2 N–H and O–H groups in total. The molecule has 24 heavy (non-hydrogen) atoms. The van der Waals surface area contributed by atoms with Crippen LogP contribution in [0, 0.1) is 0 Å². The summed E-state index contributed by atoms with van der Waals surface area (Å²) in [5.74, 6) is -0.119. The Hall–Kier alpha value is -1.86.